The fourth-order valence-electron chi connectivity index (χ4n) is 3.29. The van der Waals surface area contributed by atoms with E-state index in [1.165, 1.54) is 5.57 Å². The zero-order chi connectivity index (χ0) is 25.2. The third-order valence-electron chi connectivity index (χ3n) is 5.29. The highest BCUT2D eigenvalue weighted by molar-refractivity contribution is 5.91. The van der Waals surface area contributed by atoms with Gasteiger partial charge in [0.1, 0.15) is 17.3 Å². The topological polar surface area (TPSA) is 78.9 Å². The van der Waals surface area contributed by atoms with Crippen LogP contribution in [0.25, 0.3) is 5.57 Å². The van der Waals surface area contributed by atoms with Gasteiger partial charge in [-0.3, -0.25) is 9.69 Å². The van der Waals surface area contributed by atoms with Crippen LogP contribution in [0.4, 0.5) is 0 Å². The van der Waals surface area contributed by atoms with Crippen LogP contribution in [0.5, 0.6) is 0 Å². The van der Waals surface area contributed by atoms with Gasteiger partial charge < -0.3 is 9.63 Å². The lowest BCUT2D eigenvalue weighted by molar-refractivity contribution is -0.114. The zero-order valence-electron chi connectivity index (χ0n) is 21.2. The molecule has 0 radical (unpaired) electrons. The Balaban J connectivity index is 3.21. The number of unbranched alkanes of at least 4 members (excludes halogenated alkanes) is 2. The molecular formula is C28H41N3O3. The summed E-state index contributed by atoms with van der Waals surface area (Å²) in [5.74, 6) is 1.83. The Kier molecular flexibility index (Phi) is 14.9. The van der Waals surface area contributed by atoms with Crippen molar-refractivity contribution in [3.63, 3.8) is 0 Å². The molecule has 6 heteroatoms. The summed E-state index contributed by atoms with van der Waals surface area (Å²) in [5, 5.41) is 13.3. The van der Waals surface area contributed by atoms with Gasteiger partial charge >= 0.3 is 0 Å². The molecule has 0 aliphatic carbocycles. The summed E-state index contributed by atoms with van der Waals surface area (Å²) in [6.07, 6.45) is 19.3. The van der Waals surface area contributed by atoms with Crippen LogP contribution >= 0.6 is 0 Å². The molecule has 0 saturated carbocycles. The van der Waals surface area contributed by atoms with Crippen molar-refractivity contribution in [3.05, 3.63) is 72.3 Å². The minimum absolute atomic E-state index is 0.169. The van der Waals surface area contributed by atoms with Gasteiger partial charge in [-0.25, -0.2) is 4.99 Å². The van der Waals surface area contributed by atoms with Crippen LogP contribution < -0.4 is 0 Å². The number of allylic oxidation sites excluding steroid dienone is 7. The number of aromatic nitrogens is 1. The van der Waals surface area contributed by atoms with Crippen molar-refractivity contribution in [1.82, 2.24) is 10.1 Å². The molecule has 0 aromatic carbocycles. The number of rotatable bonds is 16. The second-order valence-corrected chi connectivity index (χ2v) is 8.33. The van der Waals surface area contributed by atoms with E-state index in [0.717, 1.165) is 55.5 Å². The predicted molar refractivity (Wildman–Crippen MR) is 141 cm³/mol. The van der Waals surface area contributed by atoms with E-state index in [0.29, 0.717) is 18.8 Å². The maximum absolute atomic E-state index is 11.6. The van der Waals surface area contributed by atoms with E-state index in [9.17, 15) is 4.79 Å². The normalized spacial score (nSPS) is 13.4. The Labute approximate surface area is 205 Å². The summed E-state index contributed by atoms with van der Waals surface area (Å²) in [5.41, 5.74) is 2.79. The minimum Gasteiger partial charge on any atom is -0.396 e. The third-order valence-corrected chi connectivity index (χ3v) is 5.29. The van der Waals surface area contributed by atoms with Gasteiger partial charge in [-0.2, -0.15) is 0 Å². The number of amides is 1. The number of amidine groups is 1. The third kappa shape index (κ3) is 10.8. The zero-order valence-corrected chi connectivity index (χ0v) is 21.2. The van der Waals surface area contributed by atoms with E-state index < -0.39 is 0 Å². The number of aliphatic imine (C=N–C) groups is 1. The lowest BCUT2D eigenvalue weighted by atomic mass is 9.98. The van der Waals surface area contributed by atoms with Crippen molar-refractivity contribution in [2.45, 2.75) is 72.1 Å². The molecule has 186 valence electrons. The number of carbonyl (C=O) groups excluding carboxylic acids is 1. The minimum atomic E-state index is 0.169. The van der Waals surface area contributed by atoms with Crippen molar-refractivity contribution < 1.29 is 14.4 Å². The van der Waals surface area contributed by atoms with Crippen molar-refractivity contribution in [2.75, 3.05) is 13.2 Å². The molecule has 1 atom stereocenters. The molecule has 0 aliphatic rings. The lowest BCUT2D eigenvalue weighted by Gasteiger charge is -2.17. The highest BCUT2D eigenvalue weighted by atomic mass is 16.5. The summed E-state index contributed by atoms with van der Waals surface area (Å²) in [6, 6.07) is 2.00. The quantitative estimate of drug-likeness (QED) is 0.0742. The van der Waals surface area contributed by atoms with Crippen molar-refractivity contribution >= 4 is 17.8 Å². The smallest absolute Gasteiger partial charge is 0.215 e. The fraction of sp³-hybridized carbons (Fsp3) is 0.464. The first-order valence-electron chi connectivity index (χ1n) is 12.1. The molecule has 0 saturated heterocycles. The van der Waals surface area contributed by atoms with E-state index in [1.54, 1.807) is 17.2 Å². The molecule has 1 aromatic rings. The monoisotopic (exact) mass is 467 g/mol. The van der Waals surface area contributed by atoms with Gasteiger partial charge in [0.2, 0.25) is 6.41 Å². The summed E-state index contributed by atoms with van der Waals surface area (Å²) in [7, 11) is 0. The Morgan fingerprint density at radius 2 is 2.09 bits per heavy atom. The highest BCUT2D eigenvalue weighted by Crippen LogP contribution is 2.27. The Hall–Kier alpha value is -2.99. The lowest BCUT2D eigenvalue weighted by Crippen LogP contribution is -2.29. The van der Waals surface area contributed by atoms with E-state index in [1.807, 2.05) is 45.1 Å². The molecule has 1 heterocycles. The average Bonchev–Trinajstić information content (AvgIpc) is 3.31. The second kappa shape index (κ2) is 17.5. The molecule has 1 aromatic heterocycles. The number of hydrogen-bond acceptors (Lipinski definition) is 5. The molecule has 6 nitrogen and oxygen atoms in total. The number of hydrogen-bond donors (Lipinski definition) is 1. The van der Waals surface area contributed by atoms with Crippen molar-refractivity contribution in [2.24, 2.45) is 4.99 Å². The first-order chi connectivity index (χ1) is 16.5. The fourth-order valence-corrected chi connectivity index (χ4v) is 3.29. The SMILES string of the molecule is C=CCN(C=O)C(CCCCCO)=N/C=C/C(=C\C=C(C)C)c1cc(C(CC)C/C=C\C)on1. The Morgan fingerprint density at radius 1 is 1.29 bits per heavy atom. The van der Waals surface area contributed by atoms with Gasteiger partial charge in [0.25, 0.3) is 0 Å². The van der Waals surface area contributed by atoms with Crippen LogP contribution in [-0.2, 0) is 4.79 Å². The van der Waals surface area contributed by atoms with E-state index in [2.05, 4.69) is 35.8 Å². The molecule has 1 rings (SSSR count). The first-order valence-corrected chi connectivity index (χ1v) is 12.1. The van der Waals surface area contributed by atoms with Crippen LogP contribution in [0.1, 0.15) is 83.6 Å². The van der Waals surface area contributed by atoms with Gasteiger partial charge in [0, 0.05) is 43.3 Å². The Morgan fingerprint density at radius 3 is 2.71 bits per heavy atom. The summed E-state index contributed by atoms with van der Waals surface area (Å²) >= 11 is 0. The maximum atomic E-state index is 11.6. The number of aliphatic hydroxyl groups is 1. The van der Waals surface area contributed by atoms with Crippen LogP contribution in [-0.4, -0.2) is 40.6 Å². The van der Waals surface area contributed by atoms with Crippen LogP contribution in [0, 0.1) is 0 Å². The molecule has 34 heavy (non-hydrogen) atoms. The van der Waals surface area contributed by atoms with Gasteiger partial charge in [-0.05, 0) is 52.5 Å². The highest BCUT2D eigenvalue weighted by Gasteiger charge is 2.15. The summed E-state index contributed by atoms with van der Waals surface area (Å²) < 4.78 is 5.69. The van der Waals surface area contributed by atoms with E-state index in [4.69, 9.17) is 9.63 Å². The molecule has 0 aliphatic heterocycles. The van der Waals surface area contributed by atoms with Gasteiger partial charge in [-0.15, -0.1) is 6.58 Å². The van der Waals surface area contributed by atoms with E-state index >= 15 is 0 Å². The predicted octanol–water partition coefficient (Wildman–Crippen LogP) is 6.59. The van der Waals surface area contributed by atoms with Crippen LogP contribution in [0.3, 0.4) is 0 Å². The molecule has 0 bridgehead atoms. The summed E-state index contributed by atoms with van der Waals surface area (Å²) in [6.45, 7) is 12.5. The first kappa shape index (κ1) is 29.0. The van der Waals surface area contributed by atoms with Crippen LogP contribution in [0.2, 0.25) is 0 Å². The summed E-state index contributed by atoms with van der Waals surface area (Å²) in [4.78, 5) is 17.7. The number of nitrogens with zero attached hydrogens (tertiary/aromatic N) is 3. The second-order valence-electron chi connectivity index (χ2n) is 8.33. The van der Waals surface area contributed by atoms with Gasteiger partial charge in [0.15, 0.2) is 0 Å². The molecule has 0 fully saturated rings. The standard InChI is InChI=1S/C28H41N3O3/c1-6-9-13-24(8-3)27-21-26(30-34-27)25(16-15-23(4)5)17-18-29-28(14-11-10-12-20-32)31(22-33)19-7-2/h6-7,9,15-18,21-22,24,32H,2,8,10-14,19-20H2,1,3-5H3/b9-6-,18-17+,25-16+,29-28?. The molecule has 1 amide bonds. The maximum Gasteiger partial charge on any atom is 0.215 e. The Bertz CT molecular complexity index is 886. The van der Waals surface area contributed by atoms with Crippen molar-refractivity contribution in [3.8, 4) is 0 Å². The van der Waals surface area contributed by atoms with Crippen LogP contribution in [0.15, 0.2) is 70.4 Å². The largest absolute Gasteiger partial charge is 0.396 e. The van der Waals surface area contributed by atoms with E-state index in [-0.39, 0.29) is 12.5 Å². The molecule has 1 unspecified atom stereocenters. The number of carbonyl (C=O) groups is 1. The number of aliphatic hydroxyl groups excluding tert-OH is 1. The van der Waals surface area contributed by atoms with Gasteiger partial charge in [0.05, 0.1) is 0 Å². The van der Waals surface area contributed by atoms with Gasteiger partial charge in [-0.1, -0.05) is 54.5 Å². The molecule has 0 spiro atoms. The van der Waals surface area contributed by atoms with Crippen molar-refractivity contribution in [1.29, 1.82) is 0 Å². The molecular weight excluding hydrogens is 426 g/mol. The molecule has 1 N–H and O–H groups in total. The average molecular weight is 468 g/mol.